The first-order chi connectivity index (χ1) is 17.2. The van der Waals surface area contributed by atoms with Crippen LogP contribution in [0.3, 0.4) is 0 Å². The molecule has 2 heterocycles. The minimum absolute atomic E-state index is 0. The van der Waals surface area contributed by atoms with Crippen LogP contribution in [0.25, 0.3) is 10.2 Å². The van der Waals surface area contributed by atoms with Gasteiger partial charge in [0.15, 0.2) is 5.13 Å². The Bertz CT molecular complexity index is 1280. The number of nitrogens with zero attached hydrogens (tertiary/aromatic N) is 3. The fraction of sp³-hybridized carbons (Fsp3) is 0.286. The van der Waals surface area contributed by atoms with Gasteiger partial charge in [0, 0.05) is 31.7 Å². The molecule has 36 heavy (non-hydrogen) atoms. The number of hydrogen-bond donors (Lipinski definition) is 0. The SMILES string of the molecule is Cl.O=C(c1ccc(Cc2ccccc2)cc1)N(CCCN1CCOCC1)c1nc2c(Cl)cccc2s1. The Morgan fingerprint density at radius 3 is 2.42 bits per heavy atom. The molecule has 8 heteroatoms. The Kier molecular flexibility index (Phi) is 9.35. The molecule has 188 valence electrons. The van der Waals surface area contributed by atoms with Gasteiger partial charge in [-0.15, -0.1) is 12.4 Å². The lowest BCUT2D eigenvalue weighted by Gasteiger charge is -2.27. The van der Waals surface area contributed by atoms with Crippen molar-refractivity contribution in [2.24, 2.45) is 0 Å². The maximum absolute atomic E-state index is 13.7. The van der Waals surface area contributed by atoms with Gasteiger partial charge in [-0.25, -0.2) is 4.98 Å². The zero-order chi connectivity index (χ0) is 24.0. The number of carbonyl (C=O) groups excluding carboxylic acids is 1. The summed E-state index contributed by atoms with van der Waals surface area (Å²) >= 11 is 7.89. The van der Waals surface area contributed by atoms with Gasteiger partial charge in [-0.3, -0.25) is 14.6 Å². The molecular formula is C28H29Cl2N3O2S. The van der Waals surface area contributed by atoms with E-state index in [2.05, 4.69) is 17.0 Å². The average molecular weight is 543 g/mol. The number of thiazole rings is 1. The first kappa shape index (κ1) is 26.6. The second-order valence-electron chi connectivity index (χ2n) is 8.71. The number of hydrogen-bond acceptors (Lipinski definition) is 5. The molecule has 1 saturated heterocycles. The van der Waals surface area contributed by atoms with Gasteiger partial charge in [0.25, 0.3) is 5.91 Å². The van der Waals surface area contributed by atoms with Crippen molar-refractivity contribution < 1.29 is 9.53 Å². The molecule has 1 aliphatic heterocycles. The number of aromatic nitrogens is 1. The van der Waals surface area contributed by atoms with Gasteiger partial charge in [0.1, 0.15) is 5.52 Å². The zero-order valence-corrected chi connectivity index (χ0v) is 22.3. The second kappa shape index (κ2) is 12.7. The van der Waals surface area contributed by atoms with E-state index in [1.165, 1.54) is 22.5 Å². The molecule has 0 bridgehead atoms. The van der Waals surface area contributed by atoms with Crippen LogP contribution in [0.4, 0.5) is 5.13 Å². The fourth-order valence-electron chi connectivity index (χ4n) is 4.33. The van der Waals surface area contributed by atoms with Crippen LogP contribution in [0, 0.1) is 0 Å². The van der Waals surface area contributed by atoms with Crippen molar-refractivity contribution in [2.45, 2.75) is 12.8 Å². The highest BCUT2D eigenvalue weighted by Gasteiger charge is 2.22. The summed E-state index contributed by atoms with van der Waals surface area (Å²) in [5, 5.41) is 1.30. The molecule has 4 aromatic rings. The molecular weight excluding hydrogens is 513 g/mol. The molecule has 1 fully saturated rings. The number of rotatable bonds is 8. The van der Waals surface area contributed by atoms with Crippen LogP contribution >= 0.6 is 35.3 Å². The zero-order valence-electron chi connectivity index (χ0n) is 19.9. The van der Waals surface area contributed by atoms with Crippen molar-refractivity contribution in [3.05, 3.63) is 94.5 Å². The minimum Gasteiger partial charge on any atom is -0.379 e. The van der Waals surface area contributed by atoms with Crippen LogP contribution in [0.2, 0.25) is 5.02 Å². The highest BCUT2D eigenvalue weighted by molar-refractivity contribution is 7.22. The molecule has 0 unspecified atom stereocenters. The lowest BCUT2D eigenvalue weighted by atomic mass is 10.0. The number of fused-ring (bicyclic) bond motifs is 1. The molecule has 0 saturated carbocycles. The van der Waals surface area contributed by atoms with Gasteiger partial charge < -0.3 is 4.74 Å². The Morgan fingerprint density at radius 2 is 1.69 bits per heavy atom. The van der Waals surface area contributed by atoms with Crippen LogP contribution < -0.4 is 4.90 Å². The van der Waals surface area contributed by atoms with Crippen molar-refractivity contribution >= 4 is 56.6 Å². The molecule has 1 aliphatic rings. The number of anilines is 1. The minimum atomic E-state index is -0.0339. The predicted octanol–water partition coefficient (Wildman–Crippen LogP) is 6.33. The highest BCUT2D eigenvalue weighted by atomic mass is 35.5. The smallest absolute Gasteiger partial charge is 0.260 e. The quantitative estimate of drug-likeness (QED) is 0.261. The molecule has 3 aromatic carbocycles. The maximum atomic E-state index is 13.7. The molecule has 0 atom stereocenters. The number of halogens is 2. The van der Waals surface area contributed by atoms with E-state index in [0.717, 1.165) is 55.9 Å². The van der Waals surface area contributed by atoms with Crippen molar-refractivity contribution in [3.63, 3.8) is 0 Å². The number of para-hydroxylation sites is 1. The lowest BCUT2D eigenvalue weighted by molar-refractivity contribution is 0.0376. The van der Waals surface area contributed by atoms with Crippen molar-refractivity contribution in [3.8, 4) is 0 Å². The van der Waals surface area contributed by atoms with Crippen LogP contribution in [0.5, 0.6) is 0 Å². The van der Waals surface area contributed by atoms with E-state index < -0.39 is 0 Å². The van der Waals surface area contributed by atoms with E-state index in [4.69, 9.17) is 21.3 Å². The van der Waals surface area contributed by atoms with E-state index in [9.17, 15) is 4.79 Å². The molecule has 1 aromatic heterocycles. The summed E-state index contributed by atoms with van der Waals surface area (Å²) in [6.07, 6.45) is 1.70. The molecule has 0 aliphatic carbocycles. The normalized spacial score (nSPS) is 13.9. The fourth-order valence-corrected chi connectivity index (χ4v) is 5.62. The Morgan fingerprint density at radius 1 is 0.972 bits per heavy atom. The summed E-state index contributed by atoms with van der Waals surface area (Å²) in [7, 11) is 0. The summed E-state index contributed by atoms with van der Waals surface area (Å²) in [6, 6.07) is 24.0. The number of ether oxygens (including phenoxy) is 1. The van der Waals surface area contributed by atoms with Gasteiger partial charge in [0.2, 0.25) is 0 Å². The molecule has 0 spiro atoms. The van der Waals surface area contributed by atoms with Gasteiger partial charge in [0.05, 0.1) is 22.9 Å². The third-order valence-corrected chi connectivity index (χ3v) is 7.59. The number of amides is 1. The topological polar surface area (TPSA) is 45.7 Å². The molecule has 0 radical (unpaired) electrons. The Labute approximate surface area is 227 Å². The van der Waals surface area contributed by atoms with E-state index >= 15 is 0 Å². The van der Waals surface area contributed by atoms with Crippen molar-refractivity contribution in [1.82, 2.24) is 9.88 Å². The summed E-state index contributed by atoms with van der Waals surface area (Å²) in [4.78, 5) is 22.6. The Hall–Kier alpha value is -2.48. The number of morpholine rings is 1. The van der Waals surface area contributed by atoms with Gasteiger partial charge in [-0.1, -0.05) is 71.5 Å². The van der Waals surface area contributed by atoms with E-state index in [0.29, 0.717) is 22.3 Å². The standard InChI is InChI=1S/C28H28ClN3O2S.ClH/c29-24-8-4-9-25-26(24)30-28(35-25)32(15-5-14-31-16-18-34-19-17-31)27(33)23-12-10-22(11-13-23)20-21-6-2-1-3-7-21;/h1-4,6-13H,5,14-20H2;1H. The number of benzene rings is 3. The predicted molar refractivity (Wildman–Crippen MR) is 151 cm³/mol. The van der Waals surface area contributed by atoms with E-state index in [1.807, 2.05) is 65.6 Å². The summed E-state index contributed by atoms with van der Waals surface area (Å²) in [5.74, 6) is -0.0339. The lowest BCUT2D eigenvalue weighted by Crippen LogP contribution is -2.39. The largest absolute Gasteiger partial charge is 0.379 e. The third-order valence-electron chi connectivity index (χ3n) is 6.25. The number of carbonyl (C=O) groups is 1. The highest BCUT2D eigenvalue weighted by Crippen LogP contribution is 2.33. The van der Waals surface area contributed by atoms with E-state index in [-0.39, 0.29) is 18.3 Å². The van der Waals surface area contributed by atoms with Crippen molar-refractivity contribution in [2.75, 3.05) is 44.3 Å². The van der Waals surface area contributed by atoms with E-state index in [1.54, 1.807) is 0 Å². The summed E-state index contributed by atoms with van der Waals surface area (Å²) < 4.78 is 6.44. The second-order valence-corrected chi connectivity index (χ2v) is 10.1. The van der Waals surface area contributed by atoms with Gasteiger partial charge in [-0.05, 0) is 48.2 Å². The summed E-state index contributed by atoms with van der Waals surface area (Å²) in [6.45, 7) is 4.94. The maximum Gasteiger partial charge on any atom is 0.260 e. The molecule has 1 amide bonds. The average Bonchev–Trinajstić information content (AvgIpc) is 3.33. The van der Waals surface area contributed by atoms with Crippen LogP contribution in [-0.2, 0) is 11.2 Å². The molecule has 0 N–H and O–H groups in total. The van der Waals surface area contributed by atoms with Gasteiger partial charge >= 0.3 is 0 Å². The van der Waals surface area contributed by atoms with Crippen LogP contribution in [0.1, 0.15) is 27.9 Å². The first-order valence-electron chi connectivity index (χ1n) is 12.0. The Balaban J connectivity index is 0.00000304. The third kappa shape index (κ3) is 6.44. The summed E-state index contributed by atoms with van der Waals surface area (Å²) in [5.41, 5.74) is 3.85. The monoisotopic (exact) mass is 541 g/mol. The van der Waals surface area contributed by atoms with Crippen molar-refractivity contribution in [1.29, 1.82) is 0 Å². The van der Waals surface area contributed by atoms with Crippen LogP contribution in [0.15, 0.2) is 72.8 Å². The molecule has 5 nitrogen and oxygen atoms in total. The molecule has 5 rings (SSSR count). The van der Waals surface area contributed by atoms with Crippen LogP contribution in [-0.4, -0.2) is 55.2 Å². The van der Waals surface area contributed by atoms with Gasteiger partial charge in [-0.2, -0.15) is 0 Å². The first-order valence-corrected chi connectivity index (χ1v) is 13.2.